The quantitative estimate of drug-likeness (QED) is 0.240. The molecule has 0 aliphatic rings. The van der Waals surface area contributed by atoms with Gasteiger partial charge in [-0.05, 0) is 82.2 Å². The van der Waals surface area contributed by atoms with Gasteiger partial charge in [0.05, 0.1) is 16.4 Å². The van der Waals surface area contributed by atoms with Gasteiger partial charge < -0.3 is 14.6 Å². The van der Waals surface area contributed by atoms with E-state index >= 15 is 0 Å². The number of hydrogen-bond donors (Lipinski definition) is 2. The Balaban J connectivity index is 1.90. The normalized spacial score (nSPS) is 12.1. The number of benzene rings is 2. The number of rotatable bonds is 9. The van der Waals surface area contributed by atoms with Gasteiger partial charge in [-0.2, -0.15) is 5.10 Å². The van der Waals surface area contributed by atoms with E-state index in [1.165, 1.54) is 11.8 Å². The fraction of sp³-hybridized carbons (Fsp3) is 0.440. The third-order valence-electron chi connectivity index (χ3n) is 4.73. The van der Waals surface area contributed by atoms with Crippen molar-refractivity contribution < 1.29 is 19.4 Å². The SMILES string of the molecule is CCOc1cc(/C=N/NC(=O)COc2ccc(C(C)(C)CC(C)(C)C)cc2)cc(I)c1O. The third-order valence-corrected chi connectivity index (χ3v) is 5.55. The topological polar surface area (TPSA) is 80.2 Å². The van der Waals surface area contributed by atoms with Crippen molar-refractivity contribution in [2.45, 2.75) is 53.4 Å². The van der Waals surface area contributed by atoms with Gasteiger partial charge in [0, 0.05) is 0 Å². The number of phenolic OH excluding ortho intramolecular Hbond substituents is 1. The molecule has 0 heterocycles. The lowest BCUT2D eigenvalue weighted by Crippen LogP contribution is -2.25. The van der Waals surface area contributed by atoms with Crippen LogP contribution in [-0.2, 0) is 10.2 Å². The van der Waals surface area contributed by atoms with Crippen LogP contribution in [-0.4, -0.2) is 30.4 Å². The largest absolute Gasteiger partial charge is 0.504 e. The van der Waals surface area contributed by atoms with Gasteiger partial charge in [-0.3, -0.25) is 4.79 Å². The van der Waals surface area contributed by atoms with E-state index in [1.807, 2.05) is 41.6 Å². The monoisotopic (exact) mass is 552 g/mol. The minimum atomic E-state index is -0.364. The smallest absolute Gasteiger partial charge is 0.277 e. The molecule has 2 aromatic rings. The van der Waals surface area contributed by atoms with E-state index in [9.17, 15) is 9.90 Å². The summed E-state index contributed by atoms with van der Waals surface area (Å²) in [5.41, 5.74) is 4.68. The molecule has 0 aliphatic carbocycles. The summed E-state index contributed by atoms with van der Waals surface area (Å²) in [6.45, 7) is 13.4. The maximum Gasteiger partial charge on any atom is 0.277 e. The number of nitrogens with zero attached hydrogens (tertiary/aromatic N) is 1. The second-order valence-electron chi connectivity index (χ2n) is 9.51. The molecule has 6 nitrogen and oxygen atoms in total. The van der Waals surface area contributed by atoms with Gasteiger partial charge in [0.1, 0.15) is 5.75 Å². The molecule has 0 radical (unpaired) electrons. The molecule has 0 atom stereocenters. The van der Waals surface area contributed by atoms with Crippen molar-refractivity contribution in [3.8, 4) is 17.2 Å². The van der Waals surface area contributed by atoms with Crippen LogP contribution >= 0.6 is 22.6 Å². The number of carbonyl (C=O) groups excluding carboxylic acids is 1. The molecule has 1 amide bonds. The van der Waals surface area contributed by atoms with Crippen LogP contribution < -0.4 is 14.9 Å². The molecule has 32 heavy (non-hydrogen) atoms. The van der Waals surface area contributed by atoms with Crippen LogP contribution in [0.5, 0.6) is 17.2 Å². The molecule has 7 heteroatoms. The zero-order valence-electron chi connectivity index (χ0n) is 19.7. The Morgan fingerprint density at radius 3 is 2.38 bits per heavy atom. The lowest BCUT2D eigenvalue weighted by Gasteiger charge is -2.33. The number of ether oxygens (including phenoxy) is 2. The van der Waals surface area contributed by atoms with Crippen LogP contribution in [0.25, 0.3) is 0 Å². The number of aromatic hydroxyl groups is 1. The van der Waals surface area contributed by atoms with Gasteiger partial charge in [0.2, 0.25) is 0 Å². The van der Waals surface area contributed by atoms with Gasteiger partial charge in [-0.25, -0.2) is 5.43 Å². The molecule has 0 aliphatic heterocycles. The van der Waals surface area contributed by atoms with E-state index < -0.39 is 0 Å². The second-order valence-corrected chi connectivity index (χ2v) is 10.7. The highest BCUT2D eigenvalue weighted by molar-refractivity contribution is 14.1. The summed E-state index contributed by atoms with van der Waals surface area (Å²) in [5, 5.41) is 14.0. The number of hydrogen-bond acceptors (Lipinski definition) is 5. The van der Waals surface area contributed by atoms with Crippen molar-refractivity contribution in [1.82, 2.24) is 5.43 Å². The van der Waals surface area contributed by atoms with Crippen molar-refractivity contribution in [3.63, 3.8) is 0 Å². The average molecular weight is 552 g/mol. The number of carbonyl (C=O) groups is 1. The predicted molar refractivity (Wildman–Crippen MR) is 137 cm³/mol. The molecule has 174 valence electrons. The molecule has 0 unspecified atom stereocenters. The van der Waals surface area contributed by atoms with Gasteiger partial charge in [0.25, 0.3) is 5.91 Å². The lowest BCUT2D eigenvalue weighted by molar-refractivity contribution is -0.123. The van der Waals surface area contributed by atoms with Gasteiger partial charge in [0.15, 0.2) is 18.1 Å². The van der Waals surface area contributed by atoms with Gasteiger partial charge >= 0.3 is 0 Å². The van der Waals surface area contributed by atoms with E-state index in [0.29, 0.717) is 27.2 Å². The van der Waals surface area contributed by atoms with Crippen LogP contribution in [0.4, 0.5) is 0 Å². The number of phenols is 1. The number of hydrazone groups is 1. The highest BCUT2D eigenvalue weighted by Gasteiger charge is 2.27. The summed E-state index contributed by atoms with van der Waals surface area (Å²) in [6, 6.07) is 11.3. The Morgan fingerprint density at radius 1 is 1.12 bits per heavy atom. The minimum absolute atomic E-state index is 0.0525. The van der Waals surface area contributed by atoms with Crippen molar-refractivity contribution in [3.05, 3.63) is 51.1 Å². The summed E-state index contributed by atoms with van der Waals surface area (Å²) in [4.78, 5) is 12.1. The highest BCUT2D eigenvalue weighted by atomic mass is 127. The van der Waals surface area contributed by atoms with Crippen LogP contribution in [0.1, 0.15) is 59.1 Å². The molecular formula is C25H33IN2O4. The predicted octanol–water partition coefficient (Wildman–Crippen LogP) is 5.64. The molecule has 0 saturated heterocycles. The Bertz CT molecular complexity index is 948. The summed E-state index contributed by atoms with van der Waals surface area (Å²) >= 11 is 2.01. The minimum Gasteiger partial charge on any atom is -0.504 e. The number of nitrogens with one attached hydrogen (secondary N) is 1. The molecule has 2 rings (SSSR count). The Kier molecular flexibility index (Phi) is 8.95. The first kappa shape index (κ1) is 26.0. The van der Waals surface area contributed by atoms with E-state index in [0.717, 1.165) is 6.42 Å². The van der Waals surface area contributed by atoms with Crippen molar-refractivity contribution in [1.29, 1.82) is 0 Å². The maximum atomic E-state index is 12.1. The van der Waals surface area contributed by atoms with Crippen LogP contribution in [0.3, 0.4) is 0 Å². The highest BCUT2D eigenvalue weighted by Crippen LogP contribution is 2.36. The van der Waals surface area contributed by atoms with E-state index in [2.05, 4.69) is 57.3 Å². The van der Waals surface area contributed by atoms with E-state index in [-0.39, 0.29) is 29.1 Å². The van der Waals surface area contributed by atoms with Crippen LogP contribution in [0.15, 0.2) is 41.5 Å². The molecule has 0 aromatic heterocycles. The summed E-state index contributed by atoms with van der Waals surface area (Å²) in [5.74, 6) is 0.741. The Morgan fingerprint density at radius 2 is 1.78 bits per heavy atom. The molecule has 0 bridgehead atoms. The molecular weight excluding hydrogens is 519 g/mol. The fourth-order valence-electron chi connectivity index (χ4n) is 3.72. The average Bonchev–Trinajstić information content (AvgIpc) is 2.69. The van der Waals surface area contributed by atoms with Crippen molar-refractivity contribution in [2.75, 3.05) is 13.2 Å². The van der Waals surface area contributed by atoms with Crippen molar-refractivity contribution >= 4 is 34.7 Å². The first-order valence-corrected chi connectivity index (χ1v) is 11.7. The Hall–Kier alpha value is -2.29. The first-order valence-electron chi connectivity index (χ1n) is 10.6. The molecule has 2 aromatic carbocycles. The standard InChI is InChI=1S/C25H33IN2O4/c1-7-31-21-13-17(12-20(26)23(21)30)14-27-28-22(29)15-32-19-10-8-18(9-11-19)25(5,6)16-24(2,3)4/h8-14,30H,7,15-16H2,1-6H3,(H,28,29)/b27-14+. The second kappa shape index (κ2) is 11.0. The first-order chi connectivity index (χ1) is 14.9. The Labute approximate surface area is 204 Å². The van der Waals surface area contributed by atoms with Gasteiger partial charge in [-0.1, -0.05) is 46.8 Å². The van der Waals surface area contributed by atoms with Gasteiger partial charge in [-0.15, -0.1) is 0 Å². The third kappa shape index (κ3) is 8.00. The molecule has 2 N–H and O–H groups in total. The molecule has 0 fully saturated rings. The summed E-state index contributed by atoms with van der Waals surface area (Å²) in [7, 11) is 0. The van der Waals surface area contributed by atoms with E-state index in [4.69, 9.17) is 9.47 Å². The number of amides is 1. The van der Waals surface area contributed by atoms with Crippen molar-refractivity contribution in [2.24, 2.45) is 10.5 Å². The molecule has 0 spiro atoms. The lowest BCUT2D eigenvalue weighted by atomic mass is 9.72. The summed E-state index contributed by atoms with van der Waals surface area (Å²) < 4.78 is 11.6. The number of halogens is 1. The summed E-state index contributed by atoms with van der Waals surface area (Å²) in [6.07, 6.45) is 2.56. The zero-order chi connectivity index (χ0) is 23.9. The van der Waals surface area contributed by atoms with E-state index in [1.54, 1.807) is 12.1 Å². The zero-order valence-corrected chi connectivity index (χ0v) is 21.8. The molecule has 0 saturated carbocycles. The fourth-order valence-corrected chi connectivity index (χ4v) is 4.35. The maximum absolute atomic E-state index is 12.1. The van der Waals surface area contributed by atoms with Crippen LogP contribution in [0, 0.1) is 8.99 Å². The van der Waals surface area contributed by atoms with Crippen LogP contribution in [0.2, 0.25) is 0 Å².